The van der Waals surface area contributed by atoms with Crippen LogP contribution in [0.5, 0.6) is 0 Å². The molecule has 5 aromatic rings. The van der Waals surface area contributed by atoms with Crippen molar-refractivity contribution >= 4 is 44.3 Å². The van der Waals surface area contributed by atoms with Crippen molar-refractivity contribution in [1.82, 2.24) is 29.9 Å². The summed E-state index contributed by atoms with van der Waals surface area (Å²) in [7, 11) is -2.30. The fourth-order valence-corrected chi connectivity index (χ4v) is 8.18. The summed E-state index contributed by atoms with van der Waals surface area (Å²) in [6.45, 7) is 1.47. The van der Waals surface area contributed by atoms with Gasteiger partial charge in [-0.3, -0.25) is 18.9 Å². The summed E-state index contributed by atoms with van der Waals surface area (Å²) in [6, 6.07) is 8.95. The van der Waals surface area contributed by atoms with Gasteiger partial charge in [0.2, 0.25) is 15.9 Å². The van der Waals surface area contributed by atoms with Gasteiger partial charge in [-0.05, 0) is 74.4 Å². The van der Waals surface area contributed by atoms with Gasteiger partial charge in [-0.1, -0.05) is 23.6 Å². The summed E-state index contributed by atoms with van der Waals surface area (Å²) >= 11 is 6.57. The molecule has 0 unspecified atom stereocenters. The van der Waals surface area contributed by atoms with Crippen molar-refractivity contribution in [1.29, 1.82) is 0 Å². The van der Waals surface area contributed by atoms with Crippen LogP contribution in [-0.4, -0.2) is 62.4 Å². The molecule has 0 aliphatic heterocycles. The van der Waals surface area contributed by atoms with Crippen molar-refractivity contribution in [2.24, 2.45) is 13.0 Å². The smallest absolute Gasteiger partial charge is 0.378 e. The van der Waals surface area contributed by atoms with Gasteiger partial charge in [0.1, 0.15) is 35.2 Å². The Balaban J connectivity index is 1.33. The molecule has 20 heteroatoms. The molecule has 3 aromatic heterocycles. The highest BCUT2D eigenvalue weighted by molar-refractivity contribution is 7.92. The average Bonchev–Trinajstić information content (AvgIpc) is 3.63. The molecule has 3 heterocycles. The molecule has 3 N–H and O–H groups in total. The number of carbonyl (C=O) groups is 1. The van der Waals surface area contributed by atoms with E-state index in [0.29, 0.717) is 27.4 Å². The maximum atomic E-state index is 15.3. The predicted molar refractivity (Wildman–Crippen MR) is 198 cm³/mol. The maximum Gasteiger partial charge on any atom is 0.435 e. The summed E-state index contributed by atoms with van der Waals surface area (Å²) in [5.74, 6) is -4.50. The second-order valence-corrected chi connectivity index (χ2v) is 17.1. The lowest BCUT2D eigenvalue weighted by Gasteiger charge is -2.22. The van der Waals surface area contributed by atoms with E-state index >= 15 is 8.78 Å². The van der Waals surface area contributed by atoms with E-state index < -0.39 is 93.1 Å². The fourth-order valence-electron chi connectivity index (χ4n) is 7.44. The predicted octanol–water partition coefficient (Wildman–Crippen LogP) is 6.63. The molecule has 1 fully saturated rings. The topological polar surface area (TPSA) is 144 Å². The van der Waals surface area contributed by atoms with Gasteiger partial charge in [0.05, 0.1) is 27.9 Å². The van der Waals surface area contributed by atoms with Crippen LogP contribution in [0, 0.1) is 29.4 Å². The van der Waals surface area contributed by atoms with E-state index in [4.69, 9.17) is 16.6 Å². The SMILES string of the molecule is Cn1nc(NS(C)(=O)=O)c2c(Cl)ccc(-c3ccc(C#CC(C)(C)O)nc3[C@@H](CNC(=O)Cn3nc(C(F)(F)F)c4c3C(F)(F)[C@@H]3C[C@H]43)Cc3cc(F)cc(F)c3)c21. The van der Waals surface area contributed by atoms with Gasteiger partial charge < -0.3 is 10.4 Å². The molecule has 306 valence electrons. The van der Waals surface area contributed by atoms with Crippen molar-refractivity contribution in [3.05, 3.63) is 93.0 Å². The number of alkyl halides is 5. The van der Waals surface area contributed by atoms with Crippen LogP contribution in [0.25, 0.3) is 22.0 Å². The minimum absolute atomic E-state index is 0.0882. The van der Waals surface area contributed by atoms with E-state index in [-0.39, 0.29) is 46.0 Å². The number of sulfonamides is 1. The lowest BCUT2D eigenvalue weighted by atomic mass is 9.89. The van der Waals surface area contributed by atoms with Gasteiger partial charge in [0.25, 0.3) is 5.92 Å². The van der Waals surface area contributed by atoms with Crippen LogP contribution in [0.4, 0.5) is 36.6 Å². The van der Waals surface area contributed by atoms with Crippen LogP contribution in [-0.2, 0) is 46.9 Å². The van der Waals surface area contributed by atoms with Gasteiger partial charge in [-0.15, -0.1) is 0 Å². The molecule has 58 heavy (non-hydrogen) atoms. The minimum atomic E-state index is -5.05. The van der Waals surface area contributed by atoms with Crippen molar-refractivity contribution in [3.63, 3.8) is 0 Å². The van der Waals surface area contributed by atoms with Crippen LogP contribution in [0.3, 0.4) is 0 Å². The third kappa shape index (κ3) is 8.09. The maximum absolute atomic E-state index is 15.3. The van der Waals surface area contributed by atoms with Crippen molar-refractivity contribution in [3.8, 4) is 23.0 Å². The molecule has 1 amide bonds. The number of anilines is 1. The van der Waals surface area contributed by atoms with E-state index in [1.165, 1.54) is 37.7 Å². The van der Waals surface area contributed by atoms with Gasteiger partial charge in [-0.25, -0.2) is 22.2 Å². The first-order chi connectivity index (χ1) is 26.9. The number of hydrogen-bond acceptors (Lipinski definition) is 7. The number of rotatable bonds is 10. The Labute approximate surface area is 331 Å². The number of pyridine rings is 1. The van der Waals surface area contributed by atoms with E-state index in [9.17, 15) is 40.3 Å². The second kappa shape index (κ2) is 14.3. The third-order valence-electron chi connectivity index (χ3n) is 9.76. The number of fused-ring (bicyclic) bond motifs is 4. The molecule has 2 aromatic carbocycles. The number of aryl methyl sites for hydroxylation is 1. The number of carbonyl (C=O) groups excluding carboxylic acids is 1. The minimum Gasteiger partial charge on any atom is -0.378 e. The molecule has 0 radical (unpaired) electrons. The Morgan fingerprint density at radius 2 is 1.76 bits per heavy atom. The first kappa shape index (κ1) is 41.0. The second-order valence-electron chi connectivity index (χ2n) is 14.9. The van der Waals surface area contributed by atoms with Crippen LogP contribution in [0.15, 0.2) is 42.5 Å². The molecule has 2 aliphatic carbocycles. The number of benzene rings is 2. The number of halogens is 8. The van der Waals surface area contributed by atoms with Gasteiger partial charge in [0, 0.05) is 48.2 Å². The summed E-state index contributed by atoms with van der Waals surface area (Å²) in [6.07, 6.45) is -4.46. The molecular weight excluding hydrogens is 819 g/mol. The number of aliphatic hydroxyl groups is 1. The normalized spacial score (nSPS) is 17.7. The van der Waals surface area contributed by atoms with E-state index in [1.807, 2.05) is 0 Å². The Kier molecular flexibility index (Phi) is 10.1. The van der Waals surface area contributed by atoms with Crippen LogP contribution >= 0.6 is 11.6 Å². The molecule has 0 bridgehead atoms. The quantitative estimate of drug-likeness (QED) is 0.106. The molecule has 0 saturated heterocycles. The number of amides is 1. The Hall–Kier alpha value is -5.19. The van der Waals surface area contributed by atoms with Crippen molar-refractivity contribution < 1.29 is 49.1 Å². The van der Waals surface area contributed by atoms with Gasteiger partial charge in [-0.2, -0.15) is 32.1 Å². The van der Waals surface area contributed by atoms with Crippen molar-refractivity contribution in [2.45, 2.75) is 62.8 Å². The molecule has 3 atom stereocenters. The Bertz CT molecular complexity index is 2660. The number of nitrogens with zero attached hydrogens (tertiary/aromatic N) is 5. The monoisotopic (exact) mass is 851 g/mol. The lowest BCUT2D eigenvalue weighted by molar-refractivity contribution is -0.142. The zero-order chi connectivity index (χ0) is 42.3. The molecule has 0 spiro atoms. The first-order valence-electron chi connectivity index (χ1n) is 17.6. The molecular formula is C38H33ClF7N7O4S. The molecule has 7 rings (SSSR count). The van der Waals surface area contributed by atoms with Crippen LogP contribution in [0.2, 0.25) is 5.02 Å². The average molecular weight is 852 g/mol. The molecule has 2 aliphatic rings. The summed E-state index contributed by atoms with van der Waals surface area (Å²) < 4.78 is 130. The molecule has 1 saturated carbocycles. The van der Waals surface area contributed by atoms with Gasteiger partial charge >= 0.3 is 6.18 Å². The van der Waals surface area contributed by atoms with Crippen molar-refractivity contribution in [2.75, 3.05) is 17.5 Å². The standard InChI is InChI=1S/C38H33ClF7N7O4S/c1-36(2,55)10-9-22-5-6-23(24-7-8-27(39)30-32(24)52(3)50-35(30)51-58(4,56)57)31(48-22)19(11-18-12-20(40)14-21(41)13-18)16-47-28(54)17-53-34-29(33(49-53)38(44,45)46)25-15-26(25)37(34,42)43/h5-8,12-14,19,25-26,55H,11,15-17H2,1-4H3,(H,47,54)(H,50,51)/t19-,25+,26-/m1/s1. The van der Waals surface area contributed by atoms with E-state index in [1.54, 1.807) is 12.1 Å². The Morgan fingerprint density at radius 1 is 1.09 bits per heavy atom. The number of aromatic nitrogens is 5. The zero-order valence-corrected chi connectivity index (χ0v) is 32.5. The highest BCUT2D eigenvalue weighted by Gasteiger charge is 2.68. The number of nitrogens with one attached hydrogen (secondary N) is 2. The van der Waals surface area contributed by atoms with Crippen LogP contribution < -0.4 is 10.0 Å². The highest BCUT2D eigenvalue weighted by Crippen LogP contribution is 2.68. The Morgan fingerprint density at radius 3 is 2.40 bits per heavy atom. The fraction of sp³-hybridized carbons (Fsp3) is 0.368. The van der Waals surface area contributed by atoms with E-state index in [0.717, 1.165) is 18.4 Å². The van der Waals surface area contributed by atoms with Crippen LogP contribution in [0.1, 0.15) is 66.0 Å². The lowest BCUT2D eigenvalue weighted by Crippen LogP contribution is -2.34. The summed E-state index contributed by atoms with van der Waals surface area (Å²) in [5.41, 5.74) is -3.08. The first-order valence-corrected chi connectivity index (χ1v) is 19.9. The number of hydrogen-bond donors (Lipinski definition) is 3. The highest BCUT2D eigenvalue weighted by atomic mass is 35.5. The summed E-state index contributed by atoms with van der Waals surface area (Å²) in [5, 5.41) is 20.9. The third-order valence-corrected chi connectivity index (χ3v) is 10.6. The largest absolute Gasteiger partial charge is 0.435 e. The molecule has 11 nitrogen and oxygen atoms in total. The van der Waals surface area contributed by atoms with E-state index in [2.05, 4.69) is 32.1 Å². The zero-order valence-electron chi connectivity index (χ0n) is 30.9. The van der Waals surface area contributed by atoms with Gasteiger partial charge in [0.15, 0.2) is 11.5 Å². The summed E-state index contributed by atoms with van der Waals surface area (Å²) in [4.78, 5) is 18.3.